The van der Waals surface area contributed by atoms with Crippen LogP contribution in [0.1, 0.15) is 38.6 Å². The van der Waals surface area contributed by atoms with Gasteiger partial charge in [0, 0.05) is 12.7 Å². The SMILES string of the molecule is CCc1cc(CC(C)(CC)CN)n(C)n1. The molecule has 1 atom stereocenters. The van der Waals surface area contributed by atoms with Crippen LogP contribution >= 0.6 is 0 Å². The Kier molecular flexibility index (Phi) is 3.91. The molecule has 0 fully saturated rings. The maximum absolute atomic E-state index is 5.83. The standard InChI is InChI=1S/C12H23N3/c1-5-10-7-11(15(4)14-10)8-12(3,6-2)9-13/h7H,5-6,8-9,13H2,1-4H3. The van der Waals surface area contributed by atoms with E-state index in [0.29, 0.717) is 0 Å². The Morgan fingerprint density at radius 3 is 2.53 bits per heavy atom. The molecule has 1 aromatic heterocycles. The van der Waals surface area contributed by atoms with Gasteiger partial charge in [0.1, 0.15) is 0 Å². The van der Waals surface area contributed by atoms with Gasteiger partial charge in [-0.15, -0.1) is 0 Å². The third-order valence-electron chi connectivity index (χ3n) is 3.34. The van der Waals surface area contributed by atoms with Crippen LogP contribution in [0.4, 0.5) is 0 Å². The molecule has 0 aliphatic heterocycles. The average Bonchev–Trinajstić information content (AvgIpc) is 2.59. The zero-order chi connectivity index (χ0) is 11.5. The number of rotatable bonds is 5. The lowest BCUT2D eigenvalue weighted by Gasteiger charge is -2.26. The van der Waals surface area contributed by atoms with E-state index in [1.165, 1.54) is 11.4 Å². The van der Waals surface area contributed by atoms with Gasteiger partial charge in [0.2, 0.25) is 0 Å². The van der Waals surface area contributed by atoms with Crippen LogP contribution in [0.25, 0.3) is 0 Å². The van der Waals surface area contributed by atoms with Crippen LogP contribution in [0.3, 0.4) is 0 Å². The maximum atomic E-state index is 5.83. The number of hydrogen-bond donors (Lipinski definition) is 1. The summed E-state index contributed by atoms with van der Waals surface area (Å²) in [5, 5.41) is 4.46. The van der Waals surface area contributed by atoms with E-state index >= 15 is 0 Å². The van der Waals surface area contributed by atoms with Gasteiger partial charge in [0.25, 0.3) is 0 Å². The Balaban J connectivity index is 2.83. The summed E-state index contributed by atoms with van der Waals surface area (Å²) in [6, 6.07) is 2.20. The highest BCUT2D eigenvalue weighted by Gasteiger charge is 2.22. The maximum Gasteiger partial charge on any atom is 0.0624 e. The zero-order valence-corrected chi connectivity index (χ0v) is 10.4. The lowest BCUT2D eigenvalue weighted by molar-refractivity contribution is 0.312. The second kappa shape index (κ2) is 4.79. The van der Waals surface area contributed by atoms with Crippen LogP contribution < -0.4 is 5.73 Å². The molecular weight excluding hydrogens is 186 g/mol. The number of aryl methyl sites for hydroxylation is 2. The Labute approximate surface area is 92.7 Å². The van der Waals surface area contributed by atoms with Gasteiger partial charge < -0.3 is 5.73 Å². The van der Waals surface area contributed by atoms with Crippen molar-refractivity contribution in [3.05, 3.63) is 17.5 Å². The molecule has 1 aromatic rings. The van der Waals surface area contributed by atoms with E-state index in [9.17, 15) is 0 Å². The fourth-order valence-corrected chi connectivity index (χ4v) is 1.69. The van der Waals surface area contributed by atoms with Crippen molar-refractivity contribution in [2.24, 2.45) is 18.2 Å². The molecule has 86 valence electrons. The van der Waals surface area contributed by atoms with Crippen molar-refractivity contribution in [2.75, 3.05) is 6.54 Å². The van der Waals surface area contributed by atoms with E-state index in [1.54, 1.807) is 0 Å². The molecule has 3 heteroatoms. The normalized spacial score (nSPS) is 15.3. The molecule has 0 aliphatic carbocycles. The molecule has 1 unspecified atom stereocenters. The smallest absolute Gasteiger partial charge is 0.0624 e. The van der Waals surface area contributed by atoms with E-state index in [2.05, 4.69) is 31.9 Å². The molecule has 1 rings (SSSR count). The van der Waals surface area contributed by atoms with E-state index in [0.717, 1.165) is 25.8 Å². The molecule has 0 aliphatic rings. The van der Waals surface area contributed by atoms with E-state index in [1.807, 2.05) is 11.7 Å². The molecule has 0 saturated carbocycles. The predicted molar refractivity (Wildman–Crippen MR) is 63.7 cm³/mol. The van der Waals surface area contributed by atoms with Crippen molar-refractivity contribution in [2.45, 2.75) is 40.0 Å². The first-order valence-corrected chi connectivity index (χ1v) is 5.76. The Morgan fingerprint density at radius 1 is 1.47 bits per heavy atom. The van der Waals surface area contributed by atoms with Crippen LogP contribution in [0.15, 0.2) is 6.07 Å². The minimum Gasteiger partial charge on any atom is -0.330 e. The van der Waals surface area contributed by atoms with Gasteiger partial charge in [-0.2, -0.15) is 5.10 Å². The Bertz CT molecular complexity index is 311. The van der Waals surface area contributed by atoms with Gasteiger partial charge in [0.05, 0.1) is 5.69 Å². The predicted octanol–water partition coefficient (Wildman–Crippen LogP) is 1.90. The molecule has 3 nitrogen and oxygen atoms in total. The first-order valence-electron chi connectivity index (χ1n) is 5.76. The molecule has 0 bridgehead atoms. The fourth-order valence-electron chi connectivity index (χ4n) is 1.69. The van der Waals surface area contributed by atoms with Crippen LogP contribution in [0.2, 0.25) is 0 Å². The molecule has 1 heterocycles. The monoisotopic (exact) mass is 209 g/mol. The topological polar surface area (TPSA) is 43.8 Å². The van der Waals surface area contributed by atoms with Crippen LogP contribution in [0.5, 0.6) is 0 Å². The minimum absolute atomic E-state index is 0.207. The molecule has 0 saturated heterocycles. The molecule has 0 amide bonds. The highest BCUT2D eigenvalue weighted by Crippen LogP contribution is 2.25. The van der Waals surface area contributed by atoms with Crippen LogP contribution in [-0.2, 0) is 19.9 Å². The van der Waals surface area contributed by atoms with Gasteiger partial charge in [-0.3, -0.25) is 4.68 Å². The molecular formula is C12H23N3. The average molecular weight is 209 g/mol. The van der Waals surface area contributed by atoms with Gasteiger partial charge in [-0.05, 0) is 37.3 Å². The Morgan fingerprint density at radius 2 is 2.13 bits per heavy atom. The molecule has 0 aromatic carbocycles. The summed E-state index contributed by atoms with van der Waals surface area (Å²) in [7, 11) is 2.01. The number of nitrogens with zero attached hydrogens (tertiary/aromatic N) is 2. The number of nitrogens with two attached hydrogens (primary N) is 1. The first kappa shape index (κ1) is 12.2. The van der Waals surface area contributed by atoms with Gasteiger partial charge >= 0.3 is 0 Å². The Hall–Kier alpha value is -0.830. The van der Waals surface area contributed by atoms with Crippen LogP contribution in [-0.4, -0.2) is 16.3 Å². The second-order valence-corrected chi connectivity index (χ2v) is 4.65. The molecule has 0 radical (unpaired) electrons. The summed E-state index contributed by atoms with van der Waals surface area (Å²) in [6.07, 6.45) is 3.12. The number of hydrogen-bond acceptors (Lipinski definition) is 2. The summed E-state index contributed by atoms with van der Waals surface area (Å²) >= 11 is 0. The van der Waals surface area contributed by atoms with E-state index in [4.69, 9.17) is 5.73 Å². The first-order chi connectivity index (χ1) is 7.04. The minimum atomic E-state index is 0.207. The molecule has 2 N–H and O–H groups in total. The summed E-state index contributed by atoms with van der Waals surface area (Å²) in [5.41, 5.74) is 8.49. The van der Waals surface area contributed by atoms with Gasteiger partial charge in [-0.1, -0.05) is 20.8 Å². The van der Waals surface area contributed by atoms with Crippen molar-refractivity contribution in [3.8, 4) is 0 Å². The van der Waals surface area contributed by atoms with Crippen molar-refractivity contribution in [1.82, 2.24) is 9.78 Å². The third kappa shape index (κ3) is 2.81. The fraction of sp³-hybridized carbons (Fsp3) is 0.750. The van der Waals surface area contributed by atoms with E-state index in [-0.39, 0.29) is 5.41 Å². The number of aromatic nitrogens is 2. The van der Waals surface area contributed by atoms with E-state index < -0.39 is 0 Å². The van der Waals surface area contributed by atoms with Crippen LogP contribution in [0, 0.1) is 5.41 Å². The summed E-state index contributed by atoms with van der Waals surface area (Å²) in [6.45, 7) is 7.31. The lowest BCUT2D eigenvalue weighted by Crippen LogP contribution is -2.29. The van der Waals surface area contributed by atoms with Gasteiger partial charge in [-0.25, -0.2) is 0 Å². The van der Waals surface area contributed by atoms with Crippen molar-refractivity contribution in [3.63, 3.8) is 0 Å². The highest BCUT2D eigenvalue weighted by atomic mass is 15.3. The highest BCUT2D eigenvalue weighted by molar-refractivity contribution is 5.12. The van der Waals surface area contributed by atoms with Crippen molar-refractivity contribution >= 4 is 0 Å². The quantitative estimate of drug-likeness (QED) is 0.805. The summed E-state index contributed by atoms with van der Waals surface area (Å²) < 4.78 is 1.99. The van der Waals surface area contributed by atoms with Crippen molar-refractivity contribution < 1.29 is 0 Å². The third-order valence-corrected chi connectivity index (χ3v) is 3.34. The largest absolute Gasteiger partial charge is 0.330 e. The summed E-state index contributed by atoms with van der Waals surface area (Å²) in [5.74, 6) is 0. The zero-order valence-electron chi connectivity index (χ0n) is 10.4. The second-order valence-electron chi connectivity index (χ2n) is 4.65. The summed E-state index contributed by atoms with van der Waals surface area (Å²) in [4.78, 5) is 0. The molecule has 0 spiro atoms. The lowest BCUT2D eigenvalue weighted by atomic mass is 9.83. The molecule has 15 heavy (non-hydrogen) atoms. The van der Waals surface area contributed by atoms with Crippen molar-refractivity contribution in [1.29, 1.82) is 0 Å². The van der Waals surface area contributed by atoms with Gasteiger partial charge in [0.15, 0.2) is 0 Å².